The lowest BCUT2D eigenvalue weighted by Gasteiger charge is -2.16. The number of nitrogens with one attached hydrogen (secondary N) is 2. The van der Waals surface area contributed by atoms with Crippen molar-refractivity contribution in [3.63, 3.8) is 0 Å². The number of anilines is 2. The van der Waals surface area contributed by atoms with Crippen LogP contribution in [0.2, 0.25) is 0 Å². The topological polar surface area (TPSA) is 71.1 Å². The number of thiazole rings is 1. The van der Waals surface area contributed by atoms with Gasteiger partial charge >= 0.3 is 0 Å². The third kappa shape index (κ3) is 4.48. The first-order chi connectivity index (χ1) is 13.1. The van der Waals surface area contributed by atoms with Crippen molar-refractivity contribution in [1.82, 2.24) is 4.98 Å². The van der Waals surface area contributed by atoms with Gasteiger partial charge in [-0.05, 0) is 31.0 Å². The molecule has 0 aliphatic heterocycles. The quantitative estimate of drug-likeness (QED) is 0.574. The fraction of sp³-hybridized carbons (Fsp3) is 0.286. The maximum absolute atomic E-state index is 12.7. The predicted molar refractivity (Wildman–Crippen MR) is 117 cm³/mol. The normalized spacial score (nSPS) is 11.3. The molecule has 28 heavy (non-hydrogen) atoms. The fourth-order valence-corrected chi connectivity index (χ4v) is 4.46. The summed E-state index contributed by atoms with van der Waals surface area (Å²) in [7, 11) is 0. The van der Waals surface area contributed by atoms with Gasteiger partial charge in [0.15, 0.2) is 5.13 Å². The van der Waals surface area contributed by atoms with Gasteiger partial charge < -0.3 is 5.32 Å². The molecule has 2 amide bonds. The molecule has 0 atom stereocenters. The van der Waals surface area contributed by atoms with E-state index in [9.17, 15) is 9.59 Å². The van der Waals surface area contributed by atoms with Gasteiger partial charge in [-0.2, -0.15) is 0 Å². The first kappa shape index (κ1) is 20.2. The van der Waals surface area contributed by atoms with Gasteiger partial charge in [-0.1, -0.05) is 62.4 Å². The maximum atomic E-state index is 12.7. The highest BCUT2D eigenvalue weighted by Gasteiger charge is 2.23. The van der Waals surface area contributed by atoms with Gasteiger partial charge in [0.1, 0.15) is 0 Å². The first-order valence-electron chi connectivity index (χ1n) is 8.91. The molecule has 0 aliphatic rings. The Morgan fingerprint density at radius 3 is 2.32 bits per heavy atom. The van der Waals surface area contributed by atoms with Crippen LogP contribution in [0.5, 0.6) is 0 Å². The average Bonchev–Trinajstić information content (AvgIpc) is 3.17. The number of thiophene rings is 1. The zero-order chi connectivity index (χ0) is 20.5. The minimum Gasteiger partial charge on any atom is -0.317 e. The molecule has 3 rings (SSSR count). The Labute approximate surface area is 172 Å². The molecule has 3 aromatic rings. The van der Waals surface area contributed by atoms with Crippen LogP contribution in [0.15, 0.2) is 36.4 Å². The lowest BCUT2D eigenvalue weighted by Crippen LogP contribution is -2.27. The monoisotopic (exact) mass is 413 g/mol. The van der Waals surface area contributed by atoms with Crippen molar-refractivity contribution in [2.24, 2.45) is 5.41 Å². The van der Waals surface area contributed by atoms with E-state index >= 15 is 0 Å². The summed E-state index contributed by atoms with van der Waals surface area (Å²) < 4.78 is 0. The third-order valence-electron chi connectivity index (χ3n) is 4.09. The Hall–Kier alpha value is -2.51. The number of benzene rings is 1. The summed E-state index contributed by atoms with van der Waals surface area (Å²) in [6.07, 6.45) is 0. The highest BCUT2D eigenvalue weighted by Crippen LogP contribution is 2.34. The molecule has 0 saturated heterocycles. The molecule has 0 radical (unpaired) electrons. The molecule has 7 heteroatoms. The molecular formula is C21H23N3O2S2. The number of hydrogen-bond donors (Lipinski definition) is 2. The van der Waals surface area contributed by atoms with Crippen LogP contribution in [0, 0.1) is 19.3 Å². The molecule has 0 unspecified atom stereocenters. The number of nitrogens with zero attached hydrogens (tertiary/aromatic N) is 1. The first-order valence-corrected chi connectivity index (χ1v) is 10.5. The van der Waals surface area contributed by atoms with Crippen LogP contribution in [0.1, 0.15) is 41.7 Å². The van der Waals surface area contributed by atoms with Gasteiger partial charge in [0, 0.05) is 5.41 Å². The molecular weight excluding hydrogens is 390 g/mol. The van der Waals surface area contributed by atoms with E-state index < -0.39 is 5.41 Å². The Bertz CT molecular complexity index is 1010. The summed E-state index contributed by atoms with van der Waals surface area (Å²) in [5.41, 5.74) is 2.29. The molecule has 0 saturated carbocycles. The molecule has 2 heterocycles. The number of aromatic nitrogens is 1. The predicted octanol–water partition coefficient (Wildman–Crippen LogP) is 5.73. The Morgan fingerprint density at radius 2 is 1.68 bits per heavy atom. The number of carbonyl (C=O) groups is 2. The summed E-state index contributed by atoms with van der Waals surface area (Å²) in [5, 5.41) is 7.01. The minimum atomic E-state index is -0.493. The van der Waals surface area contributed by atoms with E-state index in [1.807, 2.05) is 71.0 Å². The van der Waals surface area contributed by atoms with Crippen LogP contribution < -0.4 is 10.6 Å². The molecule has 0 spiro atoms. The van der Waals surface area contributed by atoms with Crippen molar-refractivity contribution in [3.8, 4) is 10.4 Å². The second-order valence-corrected chi connectivity index (χ2v) is 9.63. The second kappa shape index (κ2) is 7.85. The SMILES string of the molecule is Cc1cc(NC(=O)C(C)(C)C)sc1C(=O)Nc1nc(C)c(-c2ccccc2)s1. The standard InChI is InChI=1S/C21H23N3O2S2/c1-12-11-15(23-19(26)21(3,4)5)27-16(12)18(25)24-20-22-13(2)17(28-20)14-9-7-6-8-10-14/h6-11H,1-5H3,(H,23,26)(H,22,24,25). The van der Waals surface area contributed by atoms with Crippen LogP contribution in [-0.4, -0.2) is 16.8 Å². The van der Waals surface area contributed by atoms with Crippen molar-refractivity contribution in [2.45, 2.75) is 34.6 Å². The molecule has 2 aromatic heterocycles. The minimum absolute atomic E-state index is 0.0799. The largest absolute Gasteiger partial charge is 0.317 e. The number of amides is 2. The van der Waals surface area contributed by atoms with Gasteiger partial charge in [-0.3, -0.25) is 14.9 Å². The number of aryl methyl sites for hydroxylation is 2. The van der Waals surface area contributed by atoms with E-state index in [0.717, 1.165) is 21.7 Å². The summed E-state index contributed by atoms with van der Waals surface area (Å²) in [5.74, 6) is -0.295. The molecule has 5 nitrogen and oxygen atoms in total. The van der Waals surface area contributed by atoms with Crippen LogP contribution in [0.4, 0.5) is 10.1 Å². The van der Waals surface area contributed by atoms with E-state index in [1.165, 1.54) is 22.7 Å². The van der Waals surface area contributed by atoms with Gasteiger partial charge in [0.2, 0.25) is 5.91 Å². The van der Waals surface area contributed by atoms with Crippen molar-refractivity contribution in [2.75, 3.05) is 10.6 Å². The van der Waals surface area contributed by atoms with Crippen LogP contribution in [0.3, 0.4) is 0 Å². The van der Waals surface area contributed by atoms with Crippen molar-refractivity contribution in [3.05, 3.63) is 52.5 Å². The average molecular weight is 414 g/mol. The smallest absolute Gasteiger partial charge is 0.267 e. The van der Waals surface area contributed by atoms with Crippen LogP contribution >= 0.6 is 22.7 Å². The fourth-order valence-electron chi connectivity index (χ4n) is 2.53. The van der Waals surface area contributed by atoms with Gasteiger partial charge in [0.05, 0.1) is 20.4 Å². The lowest BCUT2D eigenvalue weighted by molar-refractivity contribution is -0.123. The Balaban J connectivity index is 1.76. The van der Waals surface area contributed by atoms with Gasteiger partial charge in [-0.25, -0.2) is 4.98 Å². The summed E-state index contributed by atoms with van der Waals surface area (Å²) in [6, 6.07) is 11.8. The zero-order valence-corrected chi connectivity index (χ0v) is 18.2. The van der Waals surface area contributed by atoms with Crippen LogP contribution in [-0.2, 0) is 4.79 Å². The van der Waals surface area contributed by atoms with E-state index in [4.69, 9.17) is 0 Å². The molecule has 0 aliphatic carbocycles. The molecule has 146 valence electrons. The maximum Gasteiger partial charge on any atom is 0.267 e. The lowest BCUT2D eigenvalue weighted by atomic mass is 9.96. The van der Waals surface area contributed by atoms with Gasteiger partial charge in [0.25, 0.3) is 5.91 Å². The molecule has 0 fully saturated rings. The summed E-state index contributed by atoms with van der Waals surface area (Å²) in [4.78, 5) is 31.0. The Kier molecular flexibility index (Phi) is 5.67. The number of carbonyl (C=O) groups excluding carboxylic acids is 2. The van der Waals surface area contributed by atoms with Crippen molar-refractivity contribution in [1.29, 1.82) is 0 Å². The zero-order valence-electron chi connectivity index (χ0n) is 16.5. The van der Waals surface area contributed by atoms with Crippen molar-refractivity contribution >= 4 is 44.6 Å². The molecule has 2 N–H and O–H groups in total. The summed E-state index contributed by atoms with van der Waals surface area (Å²) in [6.45, 7) is 9.36. The molecule has 0 bridgehead atoms. The highest BCUT2D eigenvalue weighted by atomic mass is 32.1. The third-order valence-corrected chi connectivity index (χ3v) is 6.37. The van der Waals surface area contributed by atoms with Crippen molar-refractivity contribution < 1.29 is 9.59 Å². The van der Waals surface area contributed by atoms with E-state index in [-0.39, 0.29) is 11.8 Å². The van der Waals surface area contributed by atoms with E-state index in [2.05, 4.69) is 15.6 Å². The summed E-state index contributed by atoms with van der Waals surface area (Å²) >= 11 is 2.73. The highest BCUT2D eigenvalue weighted by molar-refractivity contribution is 7.20. The number of hydrogen-bond acceptors (Lipinski definition) is 5. The number of rotatable bonds is 4. The van der Waals surface area contributed by atoms with E-state index in [1.54, 1.807) is 0 Å². The van der Waals surface area contributed by atoms with E-state index in [0.29, 0.717) is 15.0 Å². The Morgan fingerprint density at radius 1 is 1.00 bits per heavy atom. The van der Waals surface area contributed by atoms with Gasteiger partial charge in [-0.15, -0.1) is 11.3 Å². The van der Waals surface area contributed by atoms with Crippen LogP contribution in [0.25, 0.3) is 10.4 Å². The molecule has 1 aromatic carbocycles. The second-order valence-electron chi connectivity index (χ2n) is 7.58.